The molecule has 4 nitrogen and oxygen atoms in total. The highest BCUT2D eigenvalue weighted by Gasteiger charge is 2.13. The van der Waals surface area contributed by atoms with Gasteiger partial charge in [-0.05, 0) is 25.7 Å². The standard InChI is InChI=1S/C22H42O4/c1-5-6-7-8-9-10-11-12-13-14-18-25-21(23)16-15-17-22(24)26-20(4)19(2)3/h19-20H,5-18H2,1-4H3. The molecular formula is C22H42O4. The van der Waals surface area contributed by atoms with E-state index in [0.717, 1.165) is 12.8 Å². The van der Waals surface area contributed by atoms with Crippen molar-refractivity contribution in [1.82, 2.24) is 0 Å². The summed E-state index contributed by atoms with van der Waals surface area (Å²) in [5.74, 6) is -0.121. The van der Waals surface area contributed by atoms with Crippen LogP contribution in [-0.2, 0) is 19.1 Å². The number of unbranched alkanes of at least 4 members (excludes halogenated alkanes) is 9. The zero-order valence-corrected chi connectivity index (χ0v) is 17.7. The minimum atomic E-state index is -0.228. The molecule has 0 aliphatic rings. The molecular weight excluding hydrogens is 328 g/mol. The summed E-state index contributed by atoms with van der Waals surface area (Å²) in [4.78, 5) is 23.3. The van der Waals surface area contributed by atoms with Crippen molar-refractivity contribution in [3.63, 3.8) is 0 Å². The van der Waals surface area contributed by atoms with Crippen LogP contribution in [0.2, 0.25) is 0 Å². The summed E-state index contributed by atoms with van der Waals surface area (Å²) in [6.07, 6.45) is 13.7. The summed E-state index contributed by atoms with van der Waals surface area (Å²) >= 11 is 0. The number of rotatable bonds is 17. The second-order valence-corrected chi connectivity index (χ2v) is 7.69. The van der Waals surface area contributed by atoms with Crippen LogP contribution in [0.25, 0.3) is 0 Å². The molecule has 0 heterocycles. The molecule has 0 aromatic heterocycles. The largest absolute Gasteiger partial charge is 0.466 e. The molecule has 0 N–H and O–H groups in total. The number of hydrogen-bond donors (Lipinski definition) is 0. The van der Waals surface area contributed by atoms with Crippen molar-refractivity contribution < 1.29 is 19.1 Å². The van der Waals surface area contributed by atoms with Gasteiger partial charge in [-0.1, -0.05) is 78.6 Å². The molecule has 0 aliphatic carbocycles. The lowest BCUT2D eigenvalue weighted by atomic mass is 10.1. The van der Waals surface area contributed by atoms with Crippen LogP contribution in [0.5, 0.6) is 0 Å². The van der Waals surface area contributed by atoms with Gasteiger partial charge < -0.3 is 9.47 Å². The van der Waals surface area contributed by atoms with Crippen LogP contribution in [-0.4, -0.2) is 24.6 Å². The van der Waals surface area contributed by atoms with Gasteiger partial charge in [0.15, 0.2) is 0 Å². The Hall–Kier alpha value is -1.06. The fraction of sp³-hybridized carbons (Fsp3) is 0.909. The van der Waals surface area contributed by atoms with Crippen molar-refractivity contribution in [3.05, 3.63) is 0 Å². The number of hydrogen-bond acceptors (Lipinski definition) is 4. The summed E-state index contributed by atoms with van der Waals surface area (Å²) in [6.45, 7) is 8.68. The highest BCUT2D eigenvalue weighted by molar-refractivity contribution is 5.72. The number of carbonyl (C=O) groups excluding carboxylic acids is 2. The van der Waals surface area contributed by atoms with Gasteiger partial charge in [0.25, 0.3) is 0 Å². The fourth-order valence-electron chi connectivity index (χ4n) is 2.63. The van der Waals surface area contributed by atoms with E-state index in [9.17, 15) is 9.59 Å². The van der Waals surface area contributed by atoms with E-state index >= 15 is 0 Å². The van der Waals surface area contributed by atoms with E-state index in [-0.39, 0.29) is 24.5 Å². The van der Waals surface area contributed by atoms with Gasteiger partial charge in [0.2, 0.25) is 0 Å². The van der Waals surface area contributed by atoms with Gasteiger partial charge in [-0.2, -0.15) is 0 Å². The van der Waals surface area contributed by atoms with E-state index < -0.39 is 0 Å². The Balaban J connectivity index is 3.38. The molecule has 0 aliphatic heterocycles. The Morgan fingerprint density at radius 3 is 1.73 bits per heavy atom. The molecule has 0 bridgehead atoms. The number of esters is 2. The molecule has 0 amide bonds. The van der Waals surface area contributed by atoms with Crippen LogP contribution < -0.4 is 0 Å². The Morgan fingerprint density at radius 2 is 1.19 bits per heavy atom. The van der Waals surface area contributed by atoms with Gasteiger partial charge in [-0.25, -0.2) is 0 Å². The van der Waals surface area contributed by atoms with E-state index in [1.807, 2.05) is 20.8 Å². The third kappa shape index (κ3) is 16.4. The first-order valence-electron chi connectivity index (χ1n) is 10.8. The topological polar surface area (TPSA) is 52.6 Å². The predicted molar refractivity (Wildman–Crippen MR) is 107 cm³/mol. The van der Waals surface area contributed by atoms with Crippen molar-refractivity contribution in [2.24, 2.45) is 5.92 Å². The Labute approximate surface area is 161 Å². The summed E-state index contributed by atoms with van der Waals surface area (Å²) in [7, 11) is 0. The van der Waals surface area contributed by atoms with E-state index in [2.05, 4.69) is 6.92 Å². The van der Waals surface area contributed by atoms with Gasteiger partial charge >= 0.3 is 11.9 Å². The van der Waals surface area contributed by atoms with Crippen LogP contribution in [0.4, 0.5) is 0 Å². The fourth-order valence-corrected chi connectivity index (χ4v) is 2.63. The number of carbonyl (C=O) groups is 2. The number of ether oxygens (including phenoxy) is 2. The molecule has 0 saturated carbocycles. The lowest BCUT2D eigenvalue weighted by Gasteiger charge is -2.16. The third-order valence-electron chi connectivity index (χ3n) is 4.78. The maximum Gasteiger partial charge on any atom is 0.306 e. The third-order valence-corrected chi connectivity index (χ3v) is 4.78. The molecule has 0 radical (unpaired) electrons. The molecule has 0 spiro atoms. The predicted octanol–water partition coefficient (Wildman–Crippen LogP) is 6.21. The maximum absolute atomic E-state index is 11.6. The van der Waals surface area contributed by atoms with Crippen LogP contribution in [0.1, 0.15) is 111 Å². The Bertz CT molecular complexity index is 352. The average Bonchev–Trinajstić information content (AvgIpc) is 2.59. The van der Waals surface area contributed by atoms with Crippen LogP contribution in [0.3, 0.4) is 0 Å². The molecule has 1 unspecified atom stereocenters. The maximum atomic E-state index is 11.6. The van der Waals surface area contributed by atoms with E-state index in [1.54, 1.807) is 0 Å². The SMILES string of the molecule is CCCCCCCCCCCCOC(=O)CCCC(=O)OC(C)C(C)C. The van der Waals surface area contributed by atoms with Gasteiger partial charge in [-0.3, -0.25) is 9.59 Å². The zero-order chi connectivity index (χ0) is 19.6. The highest BCUT2D eigenvalue weighted by Crippen LogP contribution is 2.11. The zero-order valence-electron chi connectivity index (χ0n) is 17.7. The minimum Gasteiger partial charge on any atom is -0.466 e. The van der Waals surface area contributed by atoms with Crippen LogP contribution in [0, 0.1) is 5.92 Å². The van der Waals surface area contributed by atoms with Gasteiger partial charge in [0.05, 0.1) is 6.61 Å². The minimum absolute atomic E-state index is 0.0780. The molecule has 4 heteroatoms. The molecule has 154 valence electrons. The van der Waals surface area contributed by atoms with Crippen molar-refractivity contribution in [1.29, 1.82) is 0 Å². The molecule has 0 saturated heterocycles. The smallest absolute Gasteiger partial charge is 0.306 e. The first-order chi connectivity index (χ1) is 12.5. The van der Waals surface area contributed by atoms with E-state index in [4.69, 9.17) is 9.47 Å². The quantitative estimate of drug-likeness (QED) is 0.226. The summed E-state index contributed by atoms with van der Waals surface area (Å²) < 4.78 is 10.5. The second kappa shape index (κ2) is 17.4. The molecule has 0 rings (SSSR count). The lowest BCUT2D eigenvalue weighted by Crippen LogP contribution is -2.20. The first kappa shape index (κ1) is 24.9. The van der Waals surface area contributed by atoms with Crippen LogP contribution >= 0.6 is 0 Å². The van der Waals surface area contributed by atoms with Crippen molar-refractivity contribution in [2.45, 2.75) is 117 Å². The van der Waals surface area contributed by atoms with E-state index in [1.165, 1.54) is 51.4 Å². The van der Waals surface area contributed by atoms with Crippen molar-refractivity contribution in [3.8, 4) is 0 Å². The lowest BCUT2D eigenvalue weighted by molar-refractivity contribution is -0.150. The molecule has 1 atom stereocenters. The average molecular weight is 371 g/mol. The van der Waals surface area contributed by atoms with Gasteiger partial charge in [0.1, 0.15) is 6.10 Å². The molecule has 0 fully saturated rings. The molecule has 0 aromatic rings. The summed E-state index contributed by atoms with van der Waals surface area (Å²) in [5.41, 5.74) is 0. The second-order valence-electron chi connectivity index (χ2n) is 7.69. The van der Waals surface area contributed by atoms with Crippen molar-refractivity contribution in [2.75, 3.05) is 6.61 Å². The Kier molecular flexibility index (Phi) is 16.7. The van der Waals surface area contributed by atoms with Gasteiger partial charge in [-0.15, -0.1) is 0 Å². The molecule has 26 heavy (non-hydrogen) atoms. The normalized spacial score (nSPS) is 12.2. The van der Waals surface area contributed by atoms with Crippen LogP contribution in [0.15, 0.2) is 0 Å². The van der Waals surface area contributed by atoms with Gasteiger partial charge in [0, 0.05) is 12.8 Å². The Morgan fingerprint density at radius 1 is 0.692 bits per heavy atom. The monoisotopic (exact) mass is 370 g/mol. The summed E-state index contributed by atoms with van der Waals surface area (Å²) in [6, 6.07) is 0. The van der Waals surface area contributed by atoms with Crippen molar-refractivity contribution >= 4 is 11.9 Å². The highest BCUT2D eigenvalue weighted by atomic mass is 16.5. The summed E-state index contributed by atoms with van der Waals surface area (Å²) in [5, 5.41) is 0. The van der Waals surface area contributed by atoms with E-state index in [0.29, 0.717) is 25.4 Å². The first-order valence-corrected chi connectivity index (χ1v) is 10.8. The molecule has 0 aromatic carbocycles.